The molecular weight excluding hydrogens is 234 g/mol. The number of carboxylic acid groups (broad SMARTS) is 1. The van der Waals surface area contributed by atoms with Gasteiger partial charge in [-0.15, -0.1) is 0 Å². The average molecular weight is 249 g/mol. The molecule has 0 aromatic heterocycles. The lowest BCUT2D eigenvalue weighted by Gasteiger charge is -2.08. The number of hydrogen-bond donors (Lipinski definition) is 3. The number of nitrogens with one attached hydrogen (secondary N) is 1. The molecule has 1 fully saturated rings. The smallest absolute Gasteiger partial charge is 0.308 e. The van der Waals surface area contributed by atoms with Gasteiger partial charge in [0.05, 0.1) is 12.8 Å². The van der Waals surface area contributed by atoms with Crippen LogP contribution in [0.1, 0.15) is 12.8 Å². The molecule has 1 aliphatic rings. The van der Waals surface area contributed by atoms with E-state index in [4.69, 9.17) is 10.2 Å². The maximum absolute atomic E-state index is 10.2. The molecule has 1 unspecified atom stereocenters. The number of aliphatic hydroxyl groups excluding tert-OH is 1. The van der Waals surface area contributed by atoms with E-state index in [0.29, 0.717) is 0 Å². The number of aliphatic carboxylic acids is 1. The summed E-state index contributed by atoms with van der Waals surface area (Å²) in [4.78, 5) is 30.3. The minimum Gasteiger partial charge on any atom is -0.481 e. The average Bonchev–Trinajstić information content (AvgIpc) is 2.53. The standard InChI is InChI=1S/C5H10O4.C4H5NO3/c1-8-5(9-2)3-4(6)7;6-2-1-3(7)5-4(2)8/h5H,3H2,1-2H3,(H,6,7);2,6H,1H2,(H,5,7,8). The van der Waals surface area contributed by atoms with Gasteiger partial charge in [-0.3, -0.25) is 19.7 Å². The van der Waals surface area contributed by atoms with Crippen molar-refractivity contribution in [1.82, 2.24) is 5.32 Å². The van der Waals surface area contributed by atoms with Crippen molar-refractivity contribution in [3.05, 3.63) is 0 Å². The number of carboxylic acids is 1. The van der Waals surface area contributed by atoms with Gasteiger partial charge in [0.2, 0.25) is 5.91 Å². The number of aliphatic hydroxyl groups is 1. The topological polar surface area (TPSA) is 122 Å². The van der Waals surface area contributed by atoms with Gasteiger partial charge in [0.15, 0.2) is 6.29 Å². The molecule has 1 atom stereocenters. The highest BCUT2D eigenvalue weighted by Crippen LogP contribution is 1.98. The van der Waals surface area contributed by atoms with Crippen molar-refractivity contribution in [2.75, 3.05) is 14.2 Å². The third-order valence-corrected chi connectivity index (χ3v) is 1.81. The molecule has 1 heterocycles. The zero-order valence-corrected chi connectivity index (χ0v) is 9.50. The fourth-order valence-corrected chi connectivity index (χ4v) is 0.946. The number of ether oxygens (including phenoxy) is 2. The van der Waals surface area contributed by atoms with Crippen molar-refractivity contribution in [3.63, 3.8) is 0 Å². The summed E-state index contributed by atoms with van der Waals surface area (Å²) in [5.74, 6) is -1.92. The molecule has 3 N–H and O–H groups in total. The molecule has 8 nitrogen and oxygen atoms in total. The third-order valence-electron chi connectivity index (χ3n) is 1.81. The summed E-state index contributed by atoms with van der Waals surface area (Å²) in [5, 5.41) is 18.7. The number of carbonyl (C=O) groups is 3. The van der Waals surface area contributed by atoms with Crippen molar-refractivity contribution >= 4 is 17.8 Å². The highest BCUT2D eigenvalue weighted by Gasteiger charge is 2.27. The van der Waals surface area contributed by atoms with Gasteiger partial charge < -0.3 is 19.7 Å². The zero-order valence-electron chi connectivity index (χ0n) is 9.50. The Hall–Kier alpha value is -1.51. The summed E-state index contributed by atoms with van der Waals surface area (Å²) in [6.07, 6.45) is -1.93. The van der Waals surface area contributed by atoms with Gasteiger partial charge in [0, 0.05) is 14.2 Å². The Kier molecular flexibility index (Phi) is 7.03. The van der Waals surface area contributed by atoms with E-state index in [0.717, 1.165) is 0 Å². The fourth-order valence-electron chi connectivity index (χ4n) is 0.946. The van der Waals surface area contributed by atoms with Crippen molar-refractivity contribution in [2.45, 2.75) is 25.2 Å². The molecule has 0 saturated carbocycles. The molecule has 1 aliphatic heterocycles. The minimum absolute atomic E-state index is 0.0845. The van der Waals surface area contributed by atoms with E-state index in [2.05, 4.69) is 9.47 Å². The number of imide groups is 1. The number of hydrogen-bond acceptors (Lipinski definition) is 6. The quantitative estimate of drug-likeness (QED) is 0.408. The lowest BCUT2D eigenvalue weighted by atomic mass is 10.3. The Morgan fingerprint density at radius 3 is 2.12 bits per heavy atom. The van der Waals surface area contributed by atoms with Gasteiger partial charge in [-0.05, 0) is 0 Å². The van der Waals surface area contributed by atoms with Crippen LogP contribution < -0.4 is 5.32 Å². The largest absolute Gasteiger partial charge is 0.481 e. The predicted octanol–water partition coefficient (Wildman–Crippen LogP) is -1.53. The monoisotopic (exact) mass is 249 g/mol. The fraction of sp³-hybridized carbons (Fsp3) is 0.667. The Morgan fingerprint density at radius 2 is 2.00 bits per heavy atom. The second-order valence-electron chi connectivity index (χ2n) is 3.13. The molecule has 2 amide bonds. The number of carbonyl (C=O) groups excluding carboxylic acids is 2. The molecule has 0 spiro atoms. The van der Waals surface area contributed by atoms with E-state index in [9.17, 15) is 14.4 Å². The van der Waals surface area contributed by atoms with Crippen LogP contribution in [-0.4, -0.2) is 54.6 Å². The van der Waals surface area contributed by atoms with Crippen molar-refractivity contribution < 1.29 is 34.1 Å². The molecule has 17 heavy (non-hydrogen) atoms. The summed E-state index contributed by atoms with van der Waals surface area (Å²) in [6, 6.07) is 0. The Bertz CT molecular complexity index is 287. The van der Waals surface area contributed by atoms with Crippen molar-refractivity contribution in [2.24, 2.45) is 0 Å². The van der Waals surface area contributed by atoms with Gasteiger partial charge in [0.25, 0.3) is 5.91 Å². The molecule has 0 aliphatic carbocycles. The van der Waals surface area contributed by atoms with Gasteiger partial charge >= 0.3 is 5.97 Å². The SMILES string of the molecule is COC(CC(=O)O)OC.O=C1CC(O)C(=O)N1. The maximum atomic E-state index is 10.2. The number of rotatable bonds is 4. The van der Waals surface area contributed by atoms with Crippen LogP contribution >= 0.6 is 0 Å². The lowest BCUT2D eigenvalue weighted by molar-refractivity contribution is -0.153. The first-order chi connectivity index (χ1) is 7.90. The van der Waals surface area contributed by atoms with Gasteiger partial charge in [0.1, 0.15) is 6.10 Å². The van der Waals surface area contributed by atoms with Crippen LogP contribution in [0.3, 0.4) is 0 Å². The lowest BCUT2D eigenvalue weighted by Crippen LogP contribution is -2.24. The van der Waals surface area contributed by atoms with Crippen LogP contribution in [0.2, 0.25) is 0 Å². The summed E-state index contributed by atoms with van der Waals surface area (Å²) in [5.41, 5.74) is 0. The highest BCUT2D eigenvalue weighted by molar-refractivity contribution is 6.04. The Labute approximate surface area is 97.5 Å². The molecule has 0 radical (unpaired) electrons. The number of methoxy groups -OCH3 is 2. The van der Waals surface area contributed by atoms with Gasteiger partial charge in [-0.25, -0.2) is 0 Å². The summed E-state index contributed by atoms with van der Waals surface area (Å²) in [7, 11) is 2.80. The molecule has 1 rings (SSSR count). The first-order valence-corrected chi connectivity index (χ1v) is 4.69. The Morgan fingerprint density at radius 1 is 1.47 bits per heavy atom. The Balaban J connectivity index is 0.000000302. The van der Waals surface area contributed by atoms with E-state index in [1.54, 1.807) is 0 Å². The first kappa shape index (κ1) is 15.5. The van der Waals surface area contributed by atoms with E-state index in [1.807, 2.05) is 5.32 Å². The predicted molar refractivity (Wildman–Crippen MR) is 53.8 cm³/mol. The van der Waals surface area contributed by atoms with Crippen molar-refractivity contribution in [3.8, 4) is 0 Å². The third kappa shape index (κ3) is 6.61. The molecular formula is C9H15NO7. The van der Waals surface area contributed by atoms with Gasteiger partial charge in [-0.1, -0.05) is 0 Å². The summed E-state index contributed by atoms with van der Waals surface area (Å²) >= 11 is 0. The van der Waals surface area contributed by atoms with Crippen LogP contribution in [0.4, 0.5) is 0 Å². The summed E-state index contributed by atoms with van der Waals surface area (Å²) < 4.78 is 9.21. The highest BCUT2D eigenvalue weighted by atomic mass is 16.7. The molecule has 98 valence electrons. The van der Waals surface area contributed by atoms with E-state index in [1.165, 1.54) is 14.2 Å². The van der Waals surface area contributed by atoms with Crippen LogP contribution in [-0.2, 0) is 23.9 Å². The van der Waals surface area contributed by atoms with E-state index >= 15 is 0 Å². The van der Waals surface area contributed by atoms with Crippen LogP contribution in [0.25, 0.3) is 0 Å². The van der Waals surface area contributed by atoms with Crippen LogP contribution in [0.15, 0.2) is 0 Å². The number of amides is 2. The zero-order chi connectivity index (χ0) is 13.4. The van der Waals surface area contributed by atoms with E-state index in [-0.39, 0.29) is 12.8 Å². The molecule has 0 aromatic carbocycles. The second kappa shape index (κ2) is 7.71. The van der Waals surface area contributed by atoms with Crippen LogP contribution in [0.5, 0.6) is 0 Å². The van der Waals surface area contributed by atoms with Crippen LogP contribution in [0, 0.1) is 0 Å². The van der Waals surface area contributed by atoms with Crippen molar-refractivity contribution in [1.29, 1.82) is 0 Å². The molecule has 0 bridgehead atoms. The maximum Gasteiger partial charge on any atom is 0.308 e. The van der Waals surface area contributed by atoms with Gasteiger partial charge in [-0.2, -0.15) is 0 Å². The second-order valence-corrected chi connectivity index (χ2v) is 3.13. The van der Waals surface area contributed by atoms with E-state index < -0.39 is 30.2 Å². The summed E-state index contributed by atoms with van der Waals surface area (Å²) in [6.45, 7) is 0. The molecule has 0 aromatic rings. The first-order valence-electron chi connectivity index (χ1n) is 4.69. The minimum atomic E-state index is -1.11. The molecule has 1 saturated heterocycles. The molecule has 8 heteroatoms. The normalized spacial score (nSPS) is 18.7.